The van der Waals surface area contributed by atoms with Gasteiger partial charge in [-0.1, -0.05) is 32.1 Å². The van der Waals surface area contributed by atoms with Crippen molar-refractivity contribution in [3.8, 4) is 0 Å². The summed E-state index contributed by atoms with van der Waals surface area (Å²) in [7, 11) is 0. The van der Waals surface area contributed by atoms with Gasteiger partial charge >= 0.3 is 0 Å². The summed E-state index contributed by atoms with van der Waals surface area (Å²) in [4.78, 5) is 24.2. The number of imide groups is 1. The Bertz CT molecular complexity index is 255. The molecule has 1 saturated heterocycles. The zero-order valence-electron chi connectivity index (χ0n) is 10.9. The van der Waals surface area contributed by atoms with E-state index in [0.29, 0.717) is 6.54 Å². The highest BCUT2D eigenvalue weighted by Crippen LogP contribution is 2.09. The molecule has 104 valence electrons. The van der Waals surface area contributed by atoms with Gasteiger partial charge in [-0.2, -0.15) is 12.6 Å². The lowest BCUT2D eigenvalue weighted by Gasteiger charge is -2.24. The fourth-order valence-electron chi connectivity index (χ4n) is 2.04. The first kappa shape index (κ1) is 15.5. The number of hydrogen-bond acceptors (Lipinski definition) is 4. The summed E-state index contributed by atoms with van der Waals surface area (Å²) in [5.74, 6) is 0.585. The van der Waals surface area contributed by atoms with E-state index in [-0.39, 0.29) is 25.0 Å². The Balaban J connectivity index is 2.00. The van der Waals surface area contributed by atoms with E-state index in [9.17, 15) is 9.59 Å². The number of rotatable bonds is 9. The summed E-state index contributed by atoms with van der Waals surface area (Å²) < 4.78 is 4.86. The van der Waals surface area contributed by atoms with Crippen LogP contribution in [0.5, 0.6) is 0 Å². The summed E-state index contributed by atoms with van der Waals surface area (Å²) in [6, 6.07) is 0. The molecule has 0 atom stereocenters. The summed E-state index contributed by atoms with van der Waals surface area (Å²) in [5.41, 5.74) is 0. The average molecular weight is 273 g/mol. The first-order valence-corrected chi connectivity index (χ1v) is 7.40. The number of nitrogens with zero attached hydrogens (tertiary/aromatic N) is 1. The maximum atomic E-state index is 11.4. The SMILES string of the molecule is O=C1COCC(=O)N1CCCCCCCCCS. The number of carbonyl (C=O) groups is 2. The number of amides is 2. The van der Waals surface area contributed by atoms with Crippen molar-refractivity contribution in [3.05, 3.63) is 0 Å². The van der Waals surface area contributed by atoms with Crippen molar-refractivity contribution < 1.29 is 14.3 Å². The molecule has 0 radical (unpaired) electrons. The van der Waals surface area contributed by atoms with Crippen LogP contribution in [0.1, 0.15) is 44.9 Å². The zero-order chi connectivity index (χ0) is 13.2. The lowest BCUT2D eigenvalue weighted by Crippen LogP contribution is -2.46. The van der Waals surface area contributed by atoms with Gasteiger partial charge in [-0.3, -0.25) is 14.5 Å². The number of thiol groups is 1. The fourth-order valence-corrected chi connectivity index (χ4v) is 2.26. The molecule has 0 aromatic carbocycles. The first-order valence-electron chi connectivity index (χ1n) is 6.77. The van der Waals surface area contributed by atoms with E-state index >= 15 is 0 Å². The first-order chi connectivity index (χ1) is 8.75. The highest BCUT2D eigenvalue weighted by Gasteiger charge is 2.25. The minimum atomic E-state index is -0.194. The predicted molar refractivity (Wildman–Crippen MR) is 73.7 cm³/mol. The van der Waals surface area contributed by atoms with Gasteiger partial charge in [0.05, 0.1) is 0 Å². The monoisotopic (exact) mass is 273 g/mol. The standard InChI is InChI=1S/C13H23NO3S/c15-12-10-17-11-13(16)14(12)8-6-4-2-1-3-5-7-9-18/h18H,1-11H2. The van der Waals surface area contributed by atoms with Crippen molar-refractivity contribution in [1.29, 1.82) is 0 Å². The molecule has 18 heavy (non-hydrogen) atoms. The highest BCUT2D eigenvalue weighted by atomic mass is 32.1. The molecular formula is C13H23NO3S. The van der Waals surface area contributed by atoms with E-state index in [1.165, 1.54) is 37.0 Å². The molecule has 1 heterocycles. The van der Waals surface area contributed by atoms with Crippen molar-refractivity contribution in [2.75, 3.05) is 25.5 Å². The van der Waals surface area contributed by atoms with Gasteiger partial charge in [-0.25, -0.2) is 0 Å². The molecule has 1 rings (SSSR count). The fraction of sp³-hybridized carbons (Fsp3) is 0.846. The molecule has 0 unspecified atom stereocenters. The molecule has 1 aliphatic heterocycles. The third-order valence-electron chi connectivity index (χ3n) is 3.09. The molecule has 0 bridgehead atoms. The normalized spacial score (nSPS) is 16.4. The van der Waals surface area contributed by atoms with Crippen molar-refractivity contribution in [1.82, 2.24) is 4.90 Å². The van der Waals surface area contributed by atoms with Crippen LogP contribution in [0.2, 0.25) is 0 Å². The van der Waals surface area contributed by atoms with Crippen LogP contribution in [-0.2, 0) is 14.3 Å². The zero-order valence-corrected chi connectivity index (χ0v) is 11.8. The average Bonchev–Trinajstić information content (AvgIpc) is 2.35. The van der Waals surface area contributed by atoms with Gasteiger partial charge in [-0.05, 0) is 18.6 Å². The smallest absolute Gasteiger partial charge is 0.255 e. The van der Waals surface area contributed by atoms with E-state index in [1.54, 1.807) is 0 Å². The number of morpholine rings is 1. The number of unbranched alkanes of at least 4 members (excludes halogenated alkanes) is 6. The molecular weight excluding hydrogens is 250 g/mol. The molecule has 0 spiro atoms. The topological polar surface area (TPSA) is 46.6 Å². The Hall–Kier alpha value is -0.550. The Labute approximate surface area is 114 Å². The van der Waals surface area contributed by atoms with Crippen LogP contribution in [0.4, 0.5) is 0 Å². The molecule has 0 saturated carbocycles. The summed E-state index contributed by atoms with van der Waals surface area (Å²) in [6.45, 7) is 0.655. The van der Waals surface area contributed by atoms with Crippen LogP contribution in [0, 0.1) is 0 Å². The van der Waals surface area contributed by atoms with Gasteiger partial charge < -0.3 is 4.74 Å². The van der Waals surface area contributed by atoms with E-state index in [4.69, 9.17) is 4.74 Å². The van der Waals surface area contributed by atoms with Gasteiger partial charge in [0.1, 0.15) is 13.2 Å². The van der Waals surface area contributed by atoms with Crippen LogP contribution in [0.25, 0.3) is 0 Å². The predicted octanol–water partition coefficient (Wildman–Crippen LogP) is 2.03. The van der Waals surface area contributed by atoms with Gasteiger partial charge in [0.15, 0.2) is 0 Å². The van der Waals surface area contributed by atoms with Gasteiger partial charge in [-0.15, -0.1) is 0 Å². The molecule has 5 heteroatoms. The largest absolute Gasteiger partial charge is 0.362 e. The van der Waals surface area contributed by atoms with Gasteiger partial charge in [0.2, 0.25) is 0 Å². The third kappa shape index (κ3) is 5.87. The van der Waals surface area contributed by atoms with Crippen LogP contribution >= 0.6 is 12.6 Å². The lowest BCUT2D eigenvalue weighted by molar-refractivity contribution is -0.158. The van der Waals surface area contributed by atoms with Crippen molar-refractivity contribution in [3.63, 3.8) is 0 Å². The maximum absolute atomic E-state index is 11.4. The van der Waals surface area contributed by atoms with E-state index in [0.717, 1.165) is 18.6 Å². The molecule has 0 aromatic heterocycles. The van der Waals surface area contributed by atoms with Crippen molar-refractivity contribution in [2.45, 2.75) is 44.9 Å². The van der Waals surface area contributed by atoms with Crippen LogP contribution in [0.15, 0.2) is 0 Å². The van der Waals surface area contributed by atoms with E-state index in [1.807, 2.05) is 0 Å². The Kier molecular flexibility index (Phi) is 8.09. The highest BCUT2D eigenvalue weighted by molar-refractivity contribution is 7.80. The minimum absolute atomic E-state index is 0.0511. The molecule has 0 aliphatic carbocycles. The third-order valence-corrected chi connectivity index (χ3v) is 3.41. The summed E-state index contributed by atoms with van der Waals surface area (Å²) >= 11 is 4.18. The maximum Gasteiger partial charge on any atom is 0.255 e. The molecule has 1 aliphatic rings. The number of hydrogen-bond donors (Lipinski definition) is 1. The Morgan fingerprint density at radius 3 is 1.94 bits per heavy atom. The van der Waals surface area contributed by atoms with Crippen LogP contribution in [-0.4, -0.2) is 42.2 Å². The summed E-state index contributed by atoms with van der Waals surface area (Å²) in [5, 5.41) is 0. The molecule has 0 aromatic rings. The number of carbonyl (C=O) groups excluding carboxylic acids is 2. The van der Waals surface area contributed by atoms with Crippen LogP contribution in [0.3, 0.4) is 0 Å². The van der Waals surface area contributed by atoms with Gasteiger partial charge in [0.25, 0.3) is 11.8 Å². The molecule has 4 nitrogen and oxygen atoms in total. The molecule has 0 N–H and O–H groups in total. The van der Waals surface area contributed by atoms with E-state index in [2.05, 4.69) is 12.6 Å². The second-order valence-electron chi connectivity index (χ2n) is 4.63. The Morgan fingerprint density at radius 2 is 1.39 bits per heavy atom. The lowest BCUT2D eigenvalue weighted by atomic mass is 10.1. The van der Waals surface area contributed by atoms with Gasteiger partial charge in [0, 0.05) is 6.54 Å². The second kappa shape index (κ2) is 9.39. The van der Waals surface area contributed by atoms with Crippen LogP contribution < -0.4 is 0 Å². The Morgan fingerprint density at radius 1 is 0.889 bits per heavy atom. The van der Waals surface area contributed by atoms with Crippen molar-refractivity contribution in [2.24, 2.45) is 0 Å². The minimum Gasteiger partial charge on any atom is -0.362 e. The molecule has 1 fully saturated rings. The second-order valence-corrected chi connectivity index (χ2v) is 5.08. The summed E-state index contributed by atoms with van der Waals surface area (Å²) in [6.07, 6.45) is 8.11. The van der Waals surface area contributed by atoms with E-state index < -0.39 is 0 Å². The van der Waals surface area contributed by atoms with Crippen molar-refractivity contribution >= 4 is 24.4 Å². The number of ether oxygens (including phenoxy) is 1. The molecule has 2 amide bonds. The quantitative estimate of drug-likeness (QED) is 0.397.